The molecular weight excluding hydrogens is 396 g/mol. The Labute approximate surface area is 177 Å². The number of thioether (sulfide) groups is 1. The fourth-order valence-corrected chi connectivity index (χ4v) is 4.75. The molecule has 0 saturated carbocycles. The first kappa shape index (κ1) is 18.7. The van der Waals surface area contributed by atoms with Crippen LogP contribution in [0.3, 0.4) is 0 Å². The van der Waals surface area contributed by atoms with Gasteiger partial charge in [-0.25, -0.2) is 0 Å². The molecule has 5 aromatic rings. The number of rotatable bonds is 5. The van der Waals surface area contributed by atoms with Gasteiger partial charge in [0.2, 0.25) is 0 Å². The third kappa shape index (κ3) is 2.93. The van der Waals surface area contributed by atoms with E-state index in [1.54, 1.807) is 13.3 Å². The lowest BCUT2D eigenvalue weighted by atomic mass is 10.1. The van der Waals surface area contributed by atoms with Crippen LogP contribution in [0, 0.1) is 6.92 Å². The smallest absolute Gasteiger partial charge is 0.196 e. The van der Waals surface area contributed by atoms with Gasteiger partial charge < -0.3 is 9.72 Å². The number of ketones is 1. The van der Waals surface area contributed by atoms with Gasteiger partial charge in [-0.1, -0.05) is 30.0 Å². The van der Waals surface area contributed by atoms with Gasteiger partial charge in [0.05, 0.1) is 17.9 Å². The van der Waals surface area contributed by atoms with E-state index in [1.165, 1.54) is 11.8 Å². The number of nitrogens with zero attached hydrogens (tertiary/aromatic N) is 3. The Hall–Kier alpha value is -3.32. The Morgan fingerprint density at radius 1 is 1.13 bits per heavy atom. The maximum absolute atomic E-state index is 13.2. The molecule has 0 fully saturated rings. The number of nitrogens with one attached hydrogen (secondary N) is 1. The summed E-state index contributed by atoms with van der Waals surface area (Å²) in [6, 6.07) is 15.8. The summed E-state index contributed by atoms with van der Waals surface area (Å²) in [6.45, 7) is 3.96. The number of benzene rings is 2. The number of aromatic nitrogens is 4. The second kappa shape index (κ2) is 7.18. The van der Waals surface area contributed by atoms with Crippen molar-refractivity contribution >= 4 is 45.0 Å². The summed E-state index contributed by atoms with van der Waals surface area (Å²) in [5.74, 6) is 0.824. The lowest BCUT2D eigenvalue weighted by molar-refractivity contribution is 0.0995. The fraction of sp³-hybridized carbons (Fsp3) is 0.174. The first-order valence-corrected chi connectivity index (χ1v) is 10.5. The molecule has 2 aromatic carbocycles. The van der Waals surface area contributed by atoms with Crippen LogP contribution in [0.4, 0.5) is 0 Å². The van der Waals surface area contributed by atoms with Crippen LogP contribution in [0.2, 0.25) is 0 Å². The van der Waals surface area contributed by atoms with Gasteiger partial charge in [0, 0.05) is 34.1 Å². The molecule has 0 aliphatic carbocycles. The first-order valence-electron chi connectivity index (χ1n) is 9.66. The summed E-state index contributed by atoms with van der Waals surface area (Å²) < 4.78 is 7.41. The minimum Gasteiger partial charge on any atom is -0.497 e. The van der Waals surface area contributed by atoms with Crippen molar-refractivity contribution in [2.45, 2.75) is 24.3 Å². The van der Waals surface area contributed by atoms with Crippen molar-refractivity contribution in [2.75, 3.05) is 7.11 Å². The van der Waals surface area contributed by atoms with E-state index in [1.807, 2.05) is 59.9 Å². The van der Waals surface area contributed by atoms with E-state index in [0.717, 1.165) is 38.8 Å². The number of Topliss-reactive ketones (excluding diaryl/α,β-unsaturated/α-hetero) is 1. The minimum absolute atomic E-state index is 0.0585. The van der Waals surface area contributed by atoms with Crippen LogP contribution >= 0.6 is 11.8 Å². The van der Waals surface area contributed by atoms with E-state index in [9.17, 15) is 4.79 Å². The number of aromatic amines is 1. The molecule has 0 bridgehead atoms. The van der Waals surface area contributed by atoms with E-state index in [-0.39, 0.29) is 11.0 Å². The zero-order valence-corrected chi connectivity index (χ0v) is 17.7. The number of hydrogen-bond donors (Lipinski definition) is 1. The minimum atomic E-state index is -0.321. The highest BCUT2D eigenvalue weighted by Crippen LogP contribution is 2.31. The van der Waals surface area contributed by atoms with Crippen molar-refractivity contribution in [1.82, 2.24) is 19.6 Å². The second-order valence-corrected chi connectivity index (χ2v) is 8.57. The number of para-hydroxylation sites is 1. The number of ether oxygens (including phenoxy) is 1. The van der Waals surface area contributed by atoms with E-state index in [2.05, 4.69) is 22.1 Å². The van der Waals surface area contributed by atoms with Crippen molar-refractivity contribution in [1.29, 1.82) is 0 Å². The second-order valence-electron chi connectivity index (χ2n) is 7.26. The van der Waals surface area contributed by atoms with Gasteiger partial charge >= 0.3 is 0 Å². The molecule has 150 valence electrons. The van der Waals surface area contributed by atoms with Gasteiger partial charge in [-0.3, -0.25) is 9.20 Å². The van der Waals surface area contributed by atoms with Crippen LogP contribution in [-0.4, -0.2) is 37.7 Å². The molecule has 1 atom stereocenters. The highest BCUT2D eigenvalue weighted by Gasteiger charge is 2.23. The Balaban J connectivity index is 1.56. The molecule has 0 spiro atoms. The molecule has 0 saturated heterocycles. The van der Waals surface area contributed by atoms with Crippen LogP contribution in [0.25, 0.3) is 27.5 Å². The predicted octanol–water partition coefficient (Wildman–Crippen LogP) is 5.04. The molecule has 3 heterocycles. The average molecular weight is 417 g/mol. The number of carbonyl (C=O) groups is 1. The summed E-state index contributed by atoms with van der Waals surface area (Å²) in [5, 5.41) is 11.1. The normalized spacial score (nSPS) is 12.6. The maximum atomic E-state index is 13.2. The Morgan fingerprint density at radius 3 is 2.80 bits per heavy atom. The number of methoxy groups -OCH3 is 1. The fourth-order valence-electron chi connectivity index (χ4n) is 3.81. The van der Waals surface area contributed by atoms with Crippen molar-refractivity contribution in [2.24, 2.45) is 0 Å². The van der Waals surface area contributed by atoms with E-state index in [0.29, 0.717) is 10.7 Å². The Bertz CT molecular complexity index is 1420. The van der Waals surface area contributed by atoms with Crippen LogP contribution in [0.5, 0.6) is 5.75 Å². The van der Waals surface area contributed by atoms with Crippen LogP contribution in [0.1, 0.15) is 22.8 Å². The van der Waals surface area contributed by atoms with Crippen molar-refractivity contribution in [3.8, 4) is 5.75 Å². The number of carbonyl (C=O) groups excluding carboxylic acids is 1. The summed E-state index contributed by atoms with van der Waals surface area (Å²) in [7, 11) is 1.65. The topological polar surface area (TPSA) is 72.3 Å². The van der Waals surface area contributed by atoms with E-state index >= 15 is 0 Å². The molecule has 3 aromatic heterocycles. The average Bonchev–Trinajstić information content (AvgIpc) is 3.37. The van der Waals surface area contributed by atoms with Gasteiger partial charge in [0.1, 0.15) is 5.75 Å². The third-order valence-corrected chi connectivity index (χ3v) is 6.42. The molecule has 0 radical (unpaired) electrons. The zero-order chi connectivity index (χ0) is 20.8. The molecule has 5 rings (SSSR count). The van der Waals surface area contributed by atoms with Gasteiger partial charge in [-0.05, 0) is 43.7 Å². The van der Waals surface area contributed by atoms with Gasteiger partial charge in [-0.2, -0.15) is 0 Å². The lowest BCUT2D eigenvalue weighted by Crippen LogP contribution is -2.13. The summed E-state index contributed by atoms with van der Waals surface area (Å²) >= 11 is 1.41. The van der Waals surface area contributed by atoms with Gasteiger partial charge in [-0.15, -0.1) is 10.2 Å². The lowest BCUT2D eigenvalue weighted by Gasteiger charge is -2.11. The Kier molecular flexibility index (Phi) is 4.47. The molecule has 0 aliphatic rings. The third-order valence-electron chi connectivity index (χ3n) is 5.38. The molecule has 6 nitrogen and oxygen atoms in total. The van der Waals surface area contributed by atoms with Crippen molar-refractivity contribution in [3.63, 3.8) is 0 Å². The summed E-state index contributed by atoms with van der Waals surface area (Å²) in [6.07, 6.45) is 1.79. The number of H-pyrrole nitrogens is 1. The first-order chi connectivity index (χ1) is 14.6. The van der Waals surface area contributed by atoms with Gasteiger partial charge in [0.15, 0.2) is 16.6 Å². The molecule has 1 unspecified atom stereocenters. The zero-order valence-electron chi connectivity index (χ0n) is 16.8. The monoisotopic (exact) mass is 416 g/mol. The number of pyridine rings is 1. The van der Waals surface area contributed by atoms with Crippen molar-refractivity contribution in [3.05, 3.63) is 65.9 Å². The van der Waals surface area contributed by atoms with E-state index < -0.39 is 0 Å². The van der Waals surface area contributed by atoms with Crippen LogP contribution in [0.15, 0.2) is 59.9 Å². The standard InChI is InChI=1S/C23H20N4O2S/c1-13-10-21-25-26-23(27(21)20-11-15(29-3)8-9-16(13)20)30-14(2)22(28)18-12-24-19-7-5-4-6-17(18)19/h4-12,14,24H,1-3H3. The number of hydrogen-bond acceptors (Lipinski definition) is 5. The van der Waals surface area contributed by atoms with E-state index in [4.69, 9.17) is 4.74 Å². The molecular formula is C23H20N4O2S. The number of aryl methyl sites for hydroxylation is 1. The molecule has 1 N–H and O–H groups in total. The highest BCUT2D eigenvalue weighted by atomic mass is 32.2. The van der Waals surface area contributed by atoms with Crippen LogP contribution < -0.4 is 4.74 Å². The number of fused-ring (bicyclic) bond motifs is 4. The predicted molar refractivity (Wildman–Crippen MR) is 120 cm³/mol. The molecule has 0 aliphatic heterocycles. The summed E-state index contributed by atoms with van der Waals surface area (Å²) in [5.41, 5.74) is 4.49. The quantitative estimate of drug-likeness (QED) is 0.321. The van der Waals surface area contributed by atoms with Crippen LogP contribution in [-0.2, 0) is 0 Å². The van der Waals surface area contributed by atoms with Gasteiger partial charge in [0.25, 0.3) is 0 Å². The highest BCUT2D eigenvalue weighted by molar-refractivity contribution is 8.00. The largest absolute Gasteiger partial charge is 0.497 e. The summed E-state index contributed by atoms with van der Waals surface area (Å²) in [4.78, 5) is 16.4. The molecule has 7 heteroatoms. The molecule has 30 heavy (non-hydrogen) atoms. The maximum Gasteiger partial charge on any atom is 0.196 e. The van der Waals surface area contributed by atoms with Crippen molar-refractivity contribution < 1.29 is 9.53 Å². The molecule has 0 amide bonds. The Morgan fingerprint density at radius 2 is 1.97 bits per heavy atom. The SMILES string of the molecule is COc1ccc2c(C)cc3nnc(SC(C)C(=O)c4c[nH]c5ccccc45)n3c2c1.